The van der Waals surface area contributed by atoms with E-state index in [1.807, 2.05) is 0 Å². The smallest absolute Gasteiger partial charge is 0.290 e. The monoisotopic (exact) mass is 354 g/mol. The second-order valence-electron chi connectivity index (χ2n) is 5.98. The van der Waals surface area contributed by atoms with Crippen LogP contribution in [-0.4, -0.2) is 22.8 Å². The molecule has 0 aliphatic carbocycles. The van der Waals surface area contributed by atoms with Gasteiger partial charge in [0.2, 0.25) is 5.76 Å². The Bertz CT molecular complexity index is 1140. The van der Waals surface area contributed by atoms with E-state index in [1.165, 1.54) is 42.3 Å². The molecule has 8 heteroatoms. The minimum absolute atomic E-state index is 0.0405. The molecule has 0 fully saturated rings. The van der Waals surface area contributed by atoms with Gasteiger partial charge in [-0.2, -0.15) is 0 Å². The first-order valence-corrected chi connectivity index (χ1v) is 7.66. The number of non-ortho nitro benzene ring substituents is 1. The van der Waals surface area contributed by atoms with Crippen LogP contribution in [0.25, 0.3) is 11.0 Å². The van der Waals surface area contributed by atoms with Gasteiger partial charge in [-0.3, -0.25) is 19.7 Å². The normalized spacial score (nSPS) is 16.2. The van der Waals surface area contributed by atoms with Gasteiger partial charge in [-0.25, -0.2) is 4.39 Å². The van der Waals surface area contributed by atoms with Crippen molar-refractivity contribution in [1.29, 1.82) is 0 Å². The first-order valence-electron chi connectivity index (χ1n) is 7.66. The Balaban J connectivity index is 1.96. The fraction of sp³-hybridized carbons (Fsp3) is 0.111. The number of halogens is 1. The van der Waals surface area contributed by atoms with Crippen molar-refractivity contribution in [1.82, 2.24) is 4.90 Å². The van der Waals surface area contributed by atoms with E-state index in [-0.39, 0.29) is 28.0 Å². The Kier molecular flexibility index (Phi) is 3.36. The van der Waals surface area contributed by atoms with Gasteiger partial charge in [0.1, 0.15) is 11.4 Å². The fourth-order valence-corrected chi connectivity index (χ4v) is 3.23. The number of nitro groups is 1. The van der Waals surface area contributed by atoms with Gasteiger partial charge in [0.25, 0.3) is 11.6 Å². The van der Waals surface area contributed by atoms with Crippen LogP contribution in [0.4, 0.5) is 10.1 Å². The summed E-state index contributed by atoms with van der Waals surface area (Å²) in [7, 11) is 1.51. The lowest BCUT2D eigenvalue weighted by Gasteiger charge is -2.20. The quantitative estimate of drug-likeness (QED) is 0.521. The third-order valence-corrected chi connectivity index (χ3v) is 4.48. The van der Waals surface area contributed by atoms with Gasteiger partial charge in [0.15, 0.2) is 5.43 Å². The van der Waals surface area contributed by atoms with Crippen LogP contribution in [0, 0.1) is 15.9 Å². The highest BCUT2D eigenvalue weighted by molar-refractivity contribution is 5.98. The molecule has 4 rings (SSSR count). The van der Waals surface area contributed by atoms with Crippen LogP contribution in [0.15, 0.2) is 51.7 Å². The molecule has 7 nitrogen and oxygen atoms in total. The molecule has 1 amide bonds. The van der Waals surface area contributed by atoms with Crippen molar-refractivity contribution < 1.29 is 18.5 Å². The summed E-state index contributed by atoms with van der Waals surface area (Å²) in [6.45, 7) is 0. The summed E-state index contributed by atoms with van der Waals surface area (Å²) in [5, 5.41) is 10.9. The molecule has 1 aliphatic rings. The number of carbonyl (C=O) groups is 1. The number of fused-ring (bicyclic) bond motifs is 2. The van der Waals surface area contributed by atoms with Crippen molar-refractivity contribution in [2.75, 3.05) is 7.05 Å². The van der Waals surface area contributed by atoms with Crippen molar-refractivity contribution in [3.05, 3.63) is 85.5 Å². The van der Waals surface area contributed by atoms with E-state index >= 15 is 0 Å². The van der Waals surface area contributed by atoms with Gasteiger partial charge < -0.3 is 9.32 Å². The third-order valence-electron chi connectivity index (χ3n) is 4.48. The highest BCUT2D eigenvalue weighted by Crippen LogP contribution is 2.37. The fourth-order valence-electron chi connectivity index (χ4n) is 3.23. The van der Waals surface area contributed by atoms with Crippen molar-refractivity contribution >= 4 is 22.6 Å². The van der Waals surface area contributed by atoms with Crippen LogP contribution in [0.2, 0.25) is 0 Å². The summed E-state index contributed by atoms with van der Waals surface area (Å²) in [4.78, 5) is 37.0. The number of benzene rings is 2. The summed E-state index contributed by atoms with van der Waals surface area (Å²) < 4.78 is 19.1. The molecule has 2 aromatic carbocycles. The van der Waals surface area contributed by atoms with E-state index in [0.717, 1.165) is 12.1 Å². The van der Waals surface area contributed by atoms with Crippen LogP contribution in [-0.2, 0) is 0 Å². The van der Waals surface area contributed by atoms with Gasteiger partial charge in [0.05, 0.1) is 21.9 Å². The molecule has 0 bridgehead atoms. The first kappa shape index (κ1) is 15.9. The minimum Gasteiger partial charge on any atom is -0.450 e. The zero-order valence-corrected chi connectivity index (χ0v) is 13.4. The number of hydrogen-bond donors (Lipinski definition) is 0. The topological polar surface area (TPSA) is 93.7 Å². The number of nitro benzene ring substituents is 1. The van der Waals surface area contributed by atoms with E-state index in [1.54, 1.807) is 0 Å². The van der Waals surface area contributed by atoms with Gasteiger partial charge >= 0.3 is 0 Å². The SMILES string of the molecule is CN1C(=O)c2oc3ccc(F)cc3c(=O)c2[C@H]1c1ccc([N+](=O)[O-])cc1. The lowest BCUT2D eigenvalue weighted by molar-refractivity contribution is -0.384. The molecule has 0 radical (unpaired) electrons. The summed E-state index contributed by atoms with van der Waals surface area (Å²) in [6, 6.07) is 8.32. The van der Waals surface area contributed by atoms with Crippen LogP contribution in [0.1, 0.15) is 27.7 Å². The van der Waals surface area contributed by atoms with E-state index < -0.39 is 28.1 Å². The van der Waals surface area contributed by atoms with E-state index in [2.05, 4.69) is 0 Å². The average molecular weight is 354 g/mol. The molecule has 130 valence electrons. The molecule has 3 aromatic rings. The maximum absolute atomic E-state index is 13.5. The Labute approximate surface area is 145 Å². The Morgan fingerprint density at radius 3 is 2.50 bits per heavy atom. The third kappa shape index (κ3) is 2.19. The largest absolute Gasteiger partial charge is 0.450 e. The standard InChI is InChI=1S/C18H11FN2O5/c1-20-15(9-2-5-11(6-3-9)21(24)25)14-16(22)12-8-10(19)4-7-13(12)26-17(14)18(20)23/h2-8,15H,1H3/t15-/m1/s1. The summed E-state index contributed by atoms with van der Waals surface area (Å²) in [5.74, 6) is -1.17. The maximum Gasteiger partial charge on any atom is 0.290 e. The molecule has 0 saturated carbocycles. The molecule has 0 spiro atoms. The van der Waals surface area contributed by atoms with E-state index in [9.17, 15) is 24.1 Å². The Morgan fingerprint density at radius 1 is 1.15 bits per heavy atom. The van der Waals surface area contributed by atoms with Crippen molar-refractivity contribution in [3.63, 3.8) is 0 Å². The molecule has 1 atom stereocenters. The molecule has 26 heavy (non-hydrogen) atoms. The second kappa shape index (κ2) is 5.48. The van der Waals surface area contributed by atoms with Gasteiger partial charge in [-0.05, 0) is 35.9 Å². The van der Waals surface area contributed by atoms with E-state index in [0.29, 0.717) is 5.56 Å². The van der Waals surface area contributed by atoms with Crippen LogP contribution < -0.4 is 5.43 Å². The summed E-state index contributed by atoms with van der Waals surface area (Å²) in [5.41, 5.74) is 0.148. The maximum atomic E-state index is 13.5. The van der Waals surface area contributed by atoms with Gasteiger partial charge in [-0.1, -0.05) is 0 Å². The van der Waals surface area contributed by atoms with Gasteiger partial charge in [0, 0.05) is 19.2 Å². The molecular formula is C18H11FN2O5. The minimum atomic E-state index is -0.762. The zero-order chi connectivity index (χ0) is 18.6. The molecular weight excluding hydrogens is 343 g/mol. The van der Waals surface area contributed by atoms with Gasteiger partial charge in [-0.15, -0.1) is 0 Å². The van der Waals surface area contributed by atoms with Crippen LogP contribution >= 0.6 is 0 Å². The highest BCUT2D eigenvalue weighted by Gasteiger charge is 2.40. The zero-order valence-electron chi connectivity index (χ0n) is 13.4. The number of nitrogens with zero attached hydrogens (tertiary/aromatic N) is 2. The number of amides is 1. The highest BCUT2D eigenvalue weighted by atomic mass is 19.1. The predicted molar refractivity (Wildman–Crippen MR) is 89.5 cm³/mol. The molecule has 2 heterocycles. The first-order chi connectivity index (χ1) is 12.4. The number of carbonyl (C=O) groups excluding carboxylic acids is 1. The molecule has 0 unspecified atom stereocenters. The summed E-state index contributed by atoms with van der Waals surface area (Å²) >= 11 is 0. The second-order valence-corrected chi connectivity index (χ2v) is 5.98. The van der Waals surface area contributed by atoms with E-state index in [4.69, 9.17) is 4.42 Å². The summed E-state index contributed by atoms with van der Waals surface area (Å²) in [6.07, 6.45) is 0. The van der Waals surface area contributed by atoms with Crippen molar-refractivity contribution in [2.24, 2.45) is 0 Å². The Morgan fingerprint density at radius 2 is 1.85 bits per heavy atom. The number of rotatable bonds is 2. The van der Waals surface area contributed by atoms with Crippen LogP contribution in [0.5, 0.6) is 0 Å². The van der Waals surface area contributed by atoms with Crippen molar-refractivity contribution in [2.45, 2.75) is 6.04 Å². The lowest BCUT2D eigenvalue weighted by Crippen LogP contribution is -2.25. The molecule has 1 aromatic heterocycles. The van der Waals surface area contributed by atoms with Crippen molar-refractivity contribution in [3.8, 4) is 0 Å². The van der Waals surface area contributed by atoms with Crippen LogP contribution in [0.3, 0.4) is 0 Å². The number of hydrogen-bond acceptors (Lipinski definition) is 5. The lowest BCUT2D eigenvalue weighted by atomic mass is 9.98. The molecule has 1 aliphatic heterocycles. The average Bonchev–Trinajstić information content (AvgIpc) is 2.87. The predicted octanol–water partition coefficient (Wildman–Crippen LogP) is 3.02. The molecule has 0 N–H and O–H groups in total. The molecule has 0 saturated heterocycles. The Hall–Kier alpha value is -3.55.